The number of aromatic nitrogens is 4. The molecule has 14 heteroatoms. The Morgan fingerprint density at radius 1 is 1.05 bits per heavy atom. The van der Waals surface area contributed by atoms with Crippen molar-refractivity contribution in [2.75, 3.05) is 18.0 Å². The summed E-state index contributed by atoms with van der Waals surface area (Å²) < 4.78 is 71.9. The number of fused-ring (bicyclic) bond motifs is 1. The molecule has 0 radical (unpaired) electrons. The van der Waals surface area contributed by atoms with Crippen LogP contribution in [0.3, 0.4) is 0 Å². The van der Waals surface area contributed by atoms with Crippen LogP contribution in [-0.2, 0) is 6.18 Å². The smallest absolute Gasteiger partial charge is 0.471 e. The summed E-state index contributed by atoms with van der Waals surface area (Å²) in [5, 5.41) is 12.6. The highest BCUT2D eigenvalue weighted by Gasteiger charge is 2.39. The van der Waals surface area contributed by atoms with Gasteiger partial charge in [-0.25, -0.2) is 23.5 Å². The molecular formula is C23H17ClF5N5O3. The van der Waals surface area contributed by atoms with E-state index in [0.717, 1.165) is 12.1 Å². The average Bonchev–Trinajstić information content (AvgIpc) is 3.35. The van der Waals surface area contributed by atoms with E-state index in [1.807, 2.05) is 0 Å². The van der Waals surface area contributed by atoms with E-state index in [-0.39, 0.29) is 40.9 Å². The molecule has 3 heterocycles. The van der Waals surface area contributed by atoms with E-state index in [2.05, 4.69) is 24.6 Å². The van der Waals surface area contributed by atoms with Crippen LogP contribution in [0.15, 0.2) is 41.2 Å². The molecule has 8 nitrogen and oxygen atoms in total. The number of alkyl halides is 3. The van der Waals surface area contributed by atoms with Gasteiger partial charge in [-0.05, 0) is 42.7 Å². The second-order valence-corrected chi connectivity index (χ2v) is 8.23. The van der Waals surface area contributed by atoms with E-state index in [9.17, 15) is 22.4 Å². The van der Waals surface area contributed by atoms with Gasteiger partial charge in [-0.15, -0.1) is 12.4 Å². The third-order valence-electron chi connectivity index (χ3n) is 6.07. The predicted molar refractivity (Wildman–Crippen MR) is 123 cm³/mol. The minimum Gasteiger partial charge on any atom is -0.478 e. The van der Waals surface area contributed by atoms with Crippen molar-refractivity contribution in [3.63, 3.8) is 0 Å². The Morgan fingerprint density at radius 2 is 1.78 bits per heavy atom. The summed E-state index contributed by atoms with van der Waals surface area (Å²) in [6, 6.07) is 6.19. The van der Waals surface area contributed by atoms with Crippen molar-refractivity contribution in [3.05, 3.63) is 65.6 Å². The Labute approximate surface area is 211 Å². The van der Waals surface area contributed by atoms with Crippen molar-refractivity contribution >= 4 is 35.1 Å². The first kappa shape index (κ1) is 26.2. The van der Waals surface area contributed by atoms with Crippen molar-refractivity contribution in [3.8, 4) is 11.1 Å². The largest absolute Gasteiger partial charge is 0.478 e. The number of aromatic carboxylic acids is 1. The lowest BCUT2D eigenvalue weighted by molar-refractivity contribution is -0.159. The maximum absolute atomic E-state index is 15.0. The SMILES string of the molecule is Cl.O=C(O)c1ccc(-c2ccc(F)c3c(N4CCC(c5noc(C(F)(F)F)n5)CC4)ncnc23)cc1F. The van der Waals surface area contributed by atoms with Crippen LogP contribution in [0.4, 0.5) is 27.8 Å². The van der Waals surface area contributed by atoms with Crippen LogP contribution >= 0.6 is 12.4 Å². The molecule has 0 aliphatic carbocycles. The minimum atomic E-state index is -4.72. The lowest BCUT2D eigenvalue weighted by Gasteiger charge is -2.32. The van der Waals surface area contributed by atoms with E-state index < -0.39 is 35.2 Å². The molecule has 4 aromatic rings. The van der Waals surface area contributed by atoms with Crippen molar-refractivity contribution < 1.29 is 36.4 Å². The summed E-state index contributed by atoms with van der Waals surface area (Å²) >= 11 is 0. The zero-order chi connectivity index (χ0) is 25.6. The summed E-state index contributed by atoms with van der Waals surface area (Å²) in [5.41, 5.74) is 0.403. The second kappa shape index (κ2) is 9.88. The molecule has 1 aliphatic rings. The second-order valence-electron chi connectivity index (χ2n) is 8.23. The monoisotopic (exact) mass is 541 g/mol. The molecule has 1 saturated heterocycles. The molecule has 0 amide bonds. The number of hydrogen-bond donors (Lipinski definition) is 1. The van der Waals surface area contributed by atoms with E-state index in [0.29, 0.717) is 37.1 Å². The third-order valence-corrected chi connectivity index (χ3v) is 6.07. The molecule has 0 atom stereocenters. The number of nitrogens with zero attached hydrogens (tertiary/aromatic N) is 5. The quantitative estimate of drug-likeness (QED) is 0.339. The lowest BCUT2D eigenvalue weighted by atomic mass is 9.95. The Kier molecular flexibility index (Phi) is 7.00. The van der Waals surface area contributed by atoms with Gasteiger partial charge in [-0.1, -0.05) is 11.2 Å². The van der Waals surface area contributed by atoms with Gasteiger partial charge in [-0.2, -0.15) is 18.2 Å². The number of rotatable bonds is 4. The molecule has 0 saturated carbocycles. The van der Waals surface area contributed by atoms with Gasteiger partial charge in [0, 0.05) is 24.6 Å². The van der Waals surface area contributed by atoms with Crippen LogP contribution in [-0.4, -0.2) is 44.3 Å². The van der Waals surface area contributed by atoms with E-state index in [1.165, 1.54) is 24.5 Å². The van der Waals surface area contributed by atoms with Crippen LogP contribution in [0.2, 0.25) is 0 Å². The van der Waals surface area contributed by atoms with Gasteiger partial charge >= 0.3 is 18.0 Å². The molecule has 2 aromatic carbocycles. The van der Waals surface area contributed by atoms with Crippen LogP contribution in [0, 0.1) is 11.6 Å². The van der Waals surface area contributed by atoms with Crippen molar-refractivity contribution in [2.24, 2.45) is 0 Å². The zero-order valence-electron chi connectivity index (χ0n) is 18.7. The van der Waals surface area contributed by atoms with Crippen LogP contribution in [0.1, 0.15) is 40.8 Å². The number of carboxylic acid groups (broad SMARTS) is 1. The fourth-order valence-corrected chi connectivity index (χ4v) is 4.31. The fourth-order valence-electron chi connectivity index (χ4n) is 4.31. The molecular weight excluding hydrogens is 525 g/mol. The average molecular weight is 542 g/mol. The molecule has 0 spiro atoms. The highest BCUT2D eigenvalue weighted by atomic mass is 35.5. The number of anilines is 1. The number of hydrogen-bond acceptors (Lipinski definition) is 7. The number of piperidine rings is 1. The number of halogens is 6. The Hall–Kier alpha value is -3.87. The topological polar surface area (TPSA) is 105 Å². The van der Waals surface area contributed by atoms with Gasteiger partial charge < -0.3 is 14.5 Å². The summed E-state index contributed by atoms with van der Waals surface area (Å²) in [4.78, 5) is 24.8. The number of carboxylic acids is 1. The minimum absolute atomic E-state index is 0. The lowest BCUT2D eigenvalue weighted by Crippen LogP contribution is -2.34. The summed E-state index contributed by atoms with van der Waals surface area (Å²) in [6.07, 6.45) is -2.72. The molecule has 1 aliphatic heterocycles. The first-order chi connectivity index (χ1) is 17.1. The molecule has 0 bridgehead atoms. The van der Waals surface area contributed by atoms with Crippen molar-refractivity contribution in [1.29, 1.82) is 0 Å². The first-order valence-corrected chi connectivity index (χ1v) is 10.8. The highest BCUT2D eigenvalue weighted by Crippen LogP contribution is 2.37. The maximum Gasteiger partial charge on any atom is 0.471 e. The van der Waals surface area contributed by atoms with Crippen LogP contribution < -0.4 is 4.90 Å². The van der Waals surface area contributed by atoms with Crippen LogP contribution in [0.5, 0.6) is 0 Å². The van der Waals surface area contributed by atoms with Crippen LogP contribution in [0.25, 0.3) is 22.0 Å². The van der Waals surface area contributed by atoms with Crippen molar-refractivity contribution in [1.82, 2.24) is 20.1 Å². The van der Waals surface area contributed by atoms with Gasteiger partial charge in [0.1, 0.15) is 23.8 Å². The summed E-state index contributed by atoms with van der Waals surface area (Å²) in [6.45, 7) is 0.663. The molecule has 194 valence electrons. The molecule has 5 rings (SSSR count). The van der Waals surface area contributed by atoms with E-state index in [4.69, 9.17) is 5.11 Å². The molecule has 0 unspecified atom stereocenters. The van der Waals surface area contributed by atoms with Crippen molar-refractivity contribution in [2.45, 2.75) is 24.9 Å². The van der Waals surface area contributed by atoms with E-state index >= 15 is 4.39 Å². The highest BCUT2D eigenvalue weighted by molar-refractivity contribution is 6.00. The maximum atomic E-state index is 15.0. The molecule has 1 fully saturated rings. The number of carbonyl (C=O) groups is 1. The normalized spacial score (nSPS) is 14.6. The Morgan fingerprint density at radius 3 is 2.41 bits per heavy atom. The van der Waals surface area contributed by atoms with E-state index in [1.54, 1.807) is 4.90 Å². The predicted octanol–water partition coefficient (Wildman–Crippen LogP) is 5.48. The third kappa shape index (κ3) is 4.90. The molecule has 2 aromatic heterocycles. The van der Waals surface area contributed by atoms with Gasteiger partial charge in [0.05, 0.1) is 16.5 Å². The fraction of sp³-hybridized carbons (Fsp3) is 0.261. The first-order valence-electron chi connectivity index (χ1n) is 10.8. The Bertz CT molecular complexity index is 1470. The van der Waals surface area contributed by atoms with Gasteiger partial charge in [0.15, 0.2) is 5.82 Å². The molecule has 1 N–H and O–H groups in total. The van der Waals surface area contributed by atoms with Gasteiger partial charge in [-0.3, -0.25) is 0 Å². The standard InChI is InChI=1S/C23H16F5N5O3.ClH/c24-15-4-3-13(12-1-2-14(21(34)35)16(25)9-12)18-17(15)20(30-10-29-18)33-7-5-11(6-8-33)19-31-22(36-32-19)23(26,27)28;/h1-4,9-11H,5-8H2,(H,34,35);1H. The number of benzene rings is 2. The zero-order valence-corrected chi connectivity index (χ0v) is 19.5. The summed E-state index contributed by atoms with van der Waals surface area (Å²) in [7, 11) is 0. The summed E-state index contributed by atoms with van der Waals surface area (Å²) in [5.74, 6) is -4.48. The molecule has 37 heavy (non-hydrogen) atoms. The Balaban J connectivity index is 0.00000320. The van der Waals surface area contributed by atoms with Gasteiger partial charge in [0.2, 0.25) is 0 Å². The van der Waals surface area contributed by atoms with Gasteiger partial charge in [0.25, 0.3) is 0 Å².